The summed E-state index contributed by atoms with van der Waals surface area (Å²) < 4.78 is 5.11. The lowest BCUT2D eigenvalue weighted by Gasteiger charge is -2.04. The van der Waals surface area contributed by atoms with Gasteiger partial charge >= 0.3 is 0 Å². The van der Waals surface area contributed by atoms with Crippen molar-refractivity contribution >= 4 is 23.0 Å². The topological polar surface area (TPSA) is 21.6 Å². The summed E-state index contributed by atoms with van der Waals surface area (Å²) in [4.78, 5) is 4.54. The Hall–Kier alpha value is -1.28. The Morgan fingerprint density at radius 1 is 1.33 bits per heavy atom. The lowest BCUT2D eigenvalue weighted by atomic mass is 10.2. The number of allylic oxidation sites excluding steroid dienone is 2. The van der Waals surface area contributed by atoms with Crippen LogP contribution in [0.15, 0.2) is 34.8 Å². The van der Waals surface area contributed by atoms with Gasteiger partial charge in [-0.25, -0.2) is 0 Å². The molecule has 0 aliphatic rings. The number of halogens is 1. The zero-order valence-electron chi connectivity index (χ0n) is 11.5. The molecule has 98 valence electrons. The molecule has 0 amide bonds. The number of methoxy groups -OCH3 is 1. The lowest BCUT2D eigenvalue weighted by molar-refractivity contribution is 0.415. The normalized spacial score (nSPS) is 11.3. The van der Waals surface area contributed by atoms with Crippen molar-refractivity contribution in [3.63, 3.8) is 0 Å². The molecule has 0 aliphatic carbocycles. The number of hydrogen-bond donors (Lipinski definition) is 0. The first-order valence-corrected chi connectivity index (χ1v) is 6.42. The van der Waals surface area contributed by atoms with Crippen LogP contribution in [0.3, 0.4) is 0 Å². The van der Waals surface area contributed by atoms with E-state index in [1.807, 2.05) is 25.1 Å². The van der Waals surface area contributed by atoms with Gasteiger partial charge in [-0.3, -0.25) is 4.99 Å². The minimum atomic E-state index is 0.593. The monoisotopic (exact) mass is 265 g/mol. The third kappa shape index (κ3) is 4.92. The average Bonchev–Trinajstić information content (AvgIpc) is 2.28. The van der Waals surface area contributed by atoms with Crippen LogP contribution in [0.2, 0.25) is 5.02 Å². The molecule has 0 fully saturated rings. The van der Waals surface area contributed by atoms with Crippen LogP contribution >= 0.6 is 11.6 Å². The van der Waals surface area contributed by atoms with E-state index in [0.29, 0.717) is 10.8 Å². The highest BCUT2D eigenvalue weighted by atomic mass is 35.5. The Kier molecular flexibility index (Phi) is 5.93. The summed E-state index contributed by atoms with van der Waals surface area (Å²) in [5.41, 5.74) is 3.32. The summed E-state index contributed by atoms with van der Waals surface area (Å²) in [6.45, 7) is 6.25. The predicted octanol–water partition coefficient (Wildman–Crippen LogP) is 5.19. The highest BCUT2D eigenvalue weighted by molar-refractivity contribution is 6.32. The molecule has 0 unspecified atom stereocenters. The molecule has 0 aromatic heterocycles. The molecule has 0 saturated carbocycles. The van der Waals surface area contributed by atoms with Gasteiger partial charge < -0.3 is 4.74 Å². The summed E-state index contributed by atoms with van der Waals surface area (Å²) in [5, 5.41) is 0.593. The summed E-state index contributed by atoms with van der Waals surface area (Å²) in [5.74, 6) is 0.679. The first-order valence-electron chi connectivity index (χ1n) is 6.04. The molecule has 0 aliphatic heterocycles. The molecule has 0 radical (unpaired) electrons. The average molecular weight is 266 g/mol. The molecule has 2 nitrogen and oxygen atoms in total. The molecule has 0 spiro atoms. The van der Waals surface area contributed by atoms with Crippen molar-refractivity contribution in [3.05, 3.63) is 34.9 Å². The van der Waals surface area contributed by atoms with E-state index in [2.05, 4.69) is 24.9 Å². The highest BCUT2D eigenvalue weighted by Crippen LogP contribution is 2.28. The predicted molar refractivity (Wildman–Crippen MR) is 79.4 cm³/mol. The van der Waals surface area contributed by atoms with Crippen molar-refractivity contribution in [2.45, 2.75) is 33.6 Å². The van der Waals surface area contributed by atoms with Gasteiger partial charge in [0.25, 0.3) is 0 Å². The van der Waals surface area contributed by atoms with Gasteiger partial charge in [-0.15, -0.1) is 0 Å². The second kappa shape index (κ2) is 7.22. The van der Waals surface area contributed by atoms with E-state index in [-0.39, 0.29) is 0 Å². The van der Waals surface area contributed by atoms with Gasteiger partial charge in [-0.05, 0) is 51.8 Å². The van der Waals surface area contributed by atoms with E-state index in [4.69, 9.17) is 16.3 Å². The fraction of sp³-hybridized carbons (Fsp3) is 0.400. The first kappa shape index (κ1) is 14.8. The molecule has 3 heteroatoms. The minimum absolute atomic E-state index is 0.593. The highest BCUT2D eigenvalue weighted by Gasteiger charge is 2.01. The van der Waals surface area contributed by atoms with Gasteiger partial charge in [0, 0.05) is 5.71 Å². The minimum Gasteiger partial charge on any atom is -0.495 e. The smallest absolute Gasteiger partial charge is 0.137 e. The number of nitrogens with zero attached hydrogens (tertiary/aromatic N) is 1. The van der Waals surface area contributed by atoms with Gasteiger partial charge in [0.2, 0.25) is 0 Å². The van der Waals surface area contributed by atoms with Crippen LogP contribution < -0.4 is 4.74 Å². The van der Waals surface area contributed by atoms with Gasteiger partial charge in [-0.2, -0.15) is 0 Å². The van der Waals surface area contributed by atoms with E-state index in [1.165, 1.54) is 5.57 Å². The number of hydrogen-bond acceptors (Lipinski definition) is 2. The third-order valence-electron chi connectivity index (χ3n) is 2.51. The number of rotatable bonds is 5. The third-order valence-corrected chi connectivity index (χ3v) is 2.81. The van der Waals surface area contributed by atoms with Gasteiger partial charge in [0.05, 0.1) is 17.8 Å². The Labute approximate surface area is 114 Å². The Morgan fingerprint density at radius 2 is 2.06 bits per heavy atom. The number of aliphatic imine (C=N–C) groups is 1. The zero-order chi connectivity index (χ0) is 13.5. The molecule has 1 rings (SSSR count). The second-order valence-electron chi connectivity index (χ2n) is 4.49. The molecule has 1 aromatic carbocycles. The van der Waals surface area contributed by atoms with E-state index in [9.17, 15) is 0 Å². The summed E-state index contributed by atoms with van der Waals surface area (Å²) >= 11 is 6.06. The standard InChI is InChI=1S/C15H20ClNO/c1-11(2)6-5-7-12(3)17-13-8-9-15(18-4)14(16)10-13/h6,8-10H,5,7H2,1-4H3. The lowest BCUT2D eigenvalue weighted by Crippen LogP contribution is -1.90. The molecule has 18 heavy (non-hydrogen) atoms. The fourth-order valence-corrected chi connectivity index (χ4v) is 1.82. The van der Waals surface area contributed by atoms with E-state index >= 15 is 0 Å². The molecule has 1 aromatic rings. The molecule has 0 saturated heterocycles. The second-order valence-corrected chi connectivity index (χ2v) is 4.89. The van der Waals surface area contributed by atoms with Crippen LogP contribution in [0.5, 0.6) is 5.75 Å². The maximum atomic E-state index is 6.06. The zero-order valence-corrected chi connectivity index (χ0v) is 12.2. The van der Waals surface area contributed by atoms with E-state index in [0.717, 1.165) is 24.2 Å². The SMILES string of the molecule is COc1ccc(N=C(C)CCC=C(C)C)cc1Cl. The molecular weight excluding hydrogens is 246 g/mol. The van der Waals surface area contributed by atoms with Gasteiger partial charge in [0.1, 0.15) is 5.75 Å². The van der Waals surface area contributed by atoms with Crippen molar-refractivity contribution in [3.8, 4) is 5.75 Å². The summed E-state index contributed by atoms with van der Waals surface area (Å²) in [7, 11) is 1.61. The van der Waals surface area contributed by atoms with Crippen LogP contribution in [-0.4, -0.2) is 12.8 Å². The molecule has 0 bridgehead atoms. The quantitative estimate of drug-likeness (QED) is 0.530. The van der Waals surface area contributed by atoms with Gasteiger partial charge in [0.15, 0.2) is 0 Å². The molecule has 0 heterocycles. The first-order chi connectivity index (χ1) is 8.52. The van der Waals surface area contributed by atoms with Crippen molar-refractivity contribution < 1.29 is 4.74 Å². The molecular formula is C15H20ClNO. The number of ether oxygens (including phenoxy) is 1. The van der Waals surface area contributed by atoms with Crippen LogP contribution in [0.25, 0.3) is 0 Å². The number of benzene rings is 1. The Bertz CT molecular complexity index is 460. The van der Waals surface area contributed by atoms with Crippen LogP contribution in [0.4, 0.5) is 5.69 Å². The van der Waals surface area contributed by atoms with Crippen LogP contribution in [0.1, 0.15) is 33.6 Å². The largest absolute Gasteiger partial charge is 0.495 e. The van der Waals surface area contributed by atoms with Gasteiger partial charge in [-0.1, -0.05) is 23.3 Å². The molecule has 0 atom stereocenters. The van der Waals surface area contributed by atoms with E-state index in [1.54, 1.807) is 7.11 Å². The van der Waals surface area contributed by atoms with Crippen LogP contribution in [0, 0.1) is 0 Å². The Balaban J connectivity index is 2.70. The molecule has 0 N–H and O–H groups in total. The van der Waals surface area contributed by atoms with Crippen LogP contribution in [-0.2, 0) is 0 Å². The van der Waals surface area contributed by atoms with Crippen molar-refractivity contribution in [2.24, 2.45) is 4.99 Å². The van der Waals surface area contributed by atoms with E-state index < -0.39 is 0 Å². The van der Waals surface area contributed by atoms with Crippen molar-refractivity contribution in [1.29, 1.82) is 0 Å². The van der Waals surface area contributed by atoms with Crippen molar-refractivity contribution in [1.82, 2.24) is 0 Å². The maximum Gasteiger partial charge on any atom is 0.137 e. The maximum absolute atomic E-state index is 6.06. The summed E-state index contributed by atoms with van der Waals surface area (Å²) in [6, 6.07) is 5.57. The van der Waals surface area contributed by atoms with Crippen molar-refractivity contribution in [2.75, 3.05) is 7.11 Å². The summed E-state index contributed by atoms with van der Waals surface area (Å²) in [6.07, 6.45) is 4.22. The Morgan fingerprint density at radius 3 is 2.61 bits per heavy atom. The fourth-order valence-electron chi connectivity index (χ4n) is 1.57.